The lowest BCUT2D eigenvalue weighted by Crippen LogP contribution is -2.45. The van der Waals surface area contributed by atoms with E-state index in [1.807, 2.05) is 18.4 Å². The van der Waals surface area contributed by atoms with Crippen molar-refractivity contribution in [3.63, 3.8) is 0 Å². The van der Waals surface area contributed by atoms with Crippen molar-refractivity contribution in [1.29, 1.82) is 0 Å². The van der Waals surface area contributed by atoms with Crippen molar-refractivity contribution in [2.45, 2.75) is 94.8 Å². The van der Waals surface area contributed by atoms with Gasteiger partial charge in [0, 0.05) is 30.9 Å². The number of carboxylic acid groups (broad SMARTS) is 1. The summed E-state index contributed by atoms with van der Waals surface area (Å²) in [6, 6.07) is 11.4. The number of aliphatic hydroxyl groups excluding tert-OH is 2. The van der Waals surface area contributed by atoms with Gasteiger partial charge in [-0.2, -0.15) is 4.31 Å². The van der Waals surface area contributed by atoms with Crippen LogP contribution in [0, 0.1) is 23.5 Å². The number of aliphatic carboxylic acids is 1. The summed E-state index contributed by atoms with van der Waals surface area (Å²) in [4.78, 5) is 11.2. The molecule has 0 spiro atoms. The van der Waals surface area contributed by atoms with Crippen LogP contribution in [0.25, 0.3) is 22.4 Å². The molecule has 4 unspecified atom stereocenters. The molecule has 0 amide bonds. The lowest BCUT2D eigenvalue weighted by Gasteiger charge is -2.40. The second kappa shape index (κ2) is 14.3. The smallest absolute Gasteiger partial charge is 0.305 e. The lowest BCUT2D eigenvalue weighted by atomic mass is 9.76. The maximum Gasteiger partial charge on any atom is 0.305 e. The topological polar surface area (TPSA) is 120 Å². The number of benzene rings is 2. The summed E-state index contributed by atoms with van der Waals surface area (Å²) in [5, 5.41) is 30.0. The molecule has 2 aliphatic rings. The Morgan fingerprint density at radius 3 is 2.07 bits per heavy atom. The quantitative estimate of drug-likeness (QED) is 0.207. The number of aliphatic hydroxyl groups is 2. The van der Waals surface area contributed by atoms with Crippen molar-refractivity contribution < 1.29 is 37.3 Å². The van der Waals surface area contributed by atoms with Crippen molar-refractivity contribution in [3.8, 4) is 22.4 Å². The van der Waals surface area contributed by atoms with Gasteiger partial charge in [0.2, 0.25) is 10.0 Å². The van der Waals surface area contributed by atoms with E-state index in [1.165, 1.54) is 30.7 Å². The maximum absolute atomic E-state index is 14.9. The van der Waals surface area contributed by atoms with E-state index in [0.717, 1.165) is 25.7 Å². The number of fused-ring (bicyclic) bond motifs is 1. The lowest BCUT2D eigenvalue weighted by molar-refractivity contribution is -0.139. The van der Waals surface area contributed by atoms with E-state index in [9.17, 15) is 32.2 Å². The van der Waals surface area contributed by atoms with Crippen LogP contribution < -0.4 is 0 Å². The monoisotopic (exact) mass is 658 g/mol. The SMILES string of the molecule is CC(C)c1c(S(=O)(=O)N2CCC3CCCCC3C2)c(-c2ccc(F)cc2)c(-c2ccc(F)cc2)n1CCC(O)CC(O)CC(=O)O. The molecule has 0 radical (unpaired) electrons. The Labute approximate surface area is 269 Å². The first-order chi connectivity index (χ1) is 21.9. The average Bonchev–Trinajstić information content (AvgIpc) is 3.36. The highest BCUT2D eigenvalue weighted by Crippen LogP contribution is 2.47. The zero-order chi connectivity index (χ0) is 33.2. The van der Waals surface area contributed by atoms with Crippen molar-refractivity contribution in [3.05, 3.63) is 65.9 Å². The molecule has 46 heavy (non-hydrogen) atoms. The fraction of sp³-hybridized carbons (Fsp3) is 0.514. The molecule has 5 rings (SSSR count). The summed E-state index contributed by atoms with van der Waals surface area (Å²) in [5.41, 5.74) is 2.45. The minimum Gasteiger partial charge on any atom is -0.481 e. The standard InChI is InChI=1S/C35H44F2N2O6S/c1-22(2)33-35(46(44,45)38-17-15-23-5-3-4-6-26(23)21-38)32(24-7-11-27(36)12-8-24)34(25-9-13-28(37)14-10-25)39(33)18-16-29(40)19-30(41)20-31(42)43/h7-14,22-23,26,29-30,40-41H,3-6,15-21H2,1-2H3,(H,42,43). The Morgan fingerprint density at radius 1 is 0.891 bits per heavy atom. The minimum absolute atomic E-state index is 0.0923. The van der Waals surface area contributed by atoms with Crippen LogP contribution in [-0.2, 0) is 21.4 Å². The third kappa shape index (κ3) is 7.38. The summed E-state index contributed by atoms with van der Waals surface area (Å²) >= 11 is 0. The van der Waals surface area contributed by atoms with E-state index in [1.54, 1.807) is 28.6 Å². The number of sulfonamides is 1. The highest BCUT2D eigenvalue weighted by atomic mass is 32.2. The van der Waals surface area contributed by atoms with E-state index < -0.39 is 46.3 Å². The van der Waals surface area contributed by atoms with Crippen molar-refractivity contribution >= 4 is 16.0 Å². The maximum atomic E-state index is 14.9. The second-order valence-electron chi connectivity index (χ2n) is 13.1. The summed E-state index contributed by atoms with van der Waals surface area (Å²) in [7, 11) is -4.09. The number of rotatable bonds is 12. The van der Waals surface area contributed by atoms with E-state index in [0.29, 0.717) is 53.0 Å². The second-order valence-corrected chi connectivity index (χ2v) is 15.0. The molecule has 250 valence electrons. The molecule has 1 saturated heterocycles. The van der Waals surface area contributed by atoms with E-state index in [2.05, 4.69) is 0 Å². The third-order valence-corrected chi connectivity index (χ3v) is 11.5. The van der Waals surface area contributed by atoms with Gasteiger partial charge in [0.1, 0.15) is 16.5 Å². The first-order valence-corrected chi connectivity index (χ1v) is 17.7. The summed E-state index contributed by atoms with van der Waals surface area (Å²) in [6.45, 7) is 4.77. The van der Waals surface area contributed by atoms with Crippen LogP contribution >= 0.6 is 0 Å². The fourth-order valence-corrected chi connectivity index (χ4v) is 9.46. The Bertz CT molecular complexity index is 1620. The average molecular weight is 659 g/mol. The zero-order valence-corrected chi connectivity index (χ0v) is 27.2. The summed E-state index contributed by atoms with van der Waals surface area (Å²) < 4.78 is 61.7. The van der Waals surface area contributed by atoms with Crippen LogP contribution in [0.4, 0.5) is 8.78 Å². The van der Waals surface area contributed by atoms with Gasteiger partial charge >= 0.3 is 5.97 Å². The Hall–Kier alpha value is -3.12. The van der Waals surface area contributed by atoms with E-state index in [4.69, 9.17) is 5.11 Å². The number of halogens is 2. The number of nitrogens with zero attached hydrogens (tertiary/aromatic N) is 2. The number of carbonyl (C=O) groups is 1. The van der Waals surface area contributed by atoms with Crippen LogP contribution in [0.3, 0.4) is 0 Å². The molecule has 2 aromatic carbocycles. The number of carboxylic acids is 1. The predicted molar refractivity (Wildman–Crippen MR) is 172 cm³/mol. The van der Waals surface area contributed by atoms with Crippen LogP contribution in [-0.4, -0.2) is 63.9 Å². The molecule has 3 N–H and O–H groups in total. The fourth-order valence-electron chi connectivity index (χ4n) is 7.38. The minimum atomic E-state index is -4.09. The zero-order valence-electron chi connectivity index (χ0n) is 26.4. The van der Waals surface area contributed by atoms with E-state index in [-0.39, 0.29) is 30.2 Å². The molecular formula is C35H44F2N2O6S. The number of piperidine rings is 1. The van der Waals surface area contributed by atoms with Crippen molar-refractivity contribution in [2.75, 3.05) is 13.1 Å². The Balaban J connectivity index is 1.69. The van der Waals surface area contributed by atoms with Gasteiger partial charge in [-0.15, -0.1) is 0 Å². The molecule has 3 aromatic rings. The van der Waals surface area contributed by atoms with Gasteiger partial charge in [-0.25, -0.2) is 17.2 Å². The molecule has 11 heteroatoms. The van der Waals surface area contributed by atoms with Gasteiger partial charge in [0.15, 0.2) is 0 Å². The van der Waals surface area contributed by atoms with Crippen LogP contribution in [0.5, 0.6) is 0 Å². The molecule has 8 nitrogen and oxygen atoms in total. The van der Waals surface area contributed by atoms with Gasteiger partial charge in [-0.3, -0.25) is 4.79 Å². The van der Waals surface area contributed by atoms with Crippen molar-refractivity contribution in [2.24, 2.45) is 11.8 Å². The van der Waals surface area contributed by atoms with Gasteiger partial charge in [0.05, 0.1) is 24.3 Å². The first-order valence-electron chi connectivity index (χ1n) is 16.2. The van der Waals surface area contributed by atoms with Crippen LogP contribution in [0.2, 0.25) is 0 Å². The number of hydrogen-bond donors (Lipinski definition) is 3. The molecule has 1 aliphatic carbocycles. The van der Waals surface area contributed by atoms with E-state index >= 15 is 0 Å². The summed E-state index contributed by atoms with van der Waals surface area (Å²) in [5.74, 6) is -1.61. The van der Waals surface area contributed by atoms with Crippen LogP contribution in [0.15, 0.2) is 53.4 Å². The molecule has 4 atom stereocenters. The normalized spacial score (nSPS) is 20.4. The molecule has 2 fully saturated rings. The molecule has 1 aromatic heterocycles. The first kappa shape index (κ1) is 34.2. The number of aromatic nitrogens is 1. The highest BCUT2D eigenvalue weighted by Gasteiger charge is 2.41. The predicted octanol–water partition coefficient (Wildman–Crippen LogP) is 6.40. The van der Waals surface area contributed by atoms with Gasteiger partial charge in [0.25, 0.3) is 0 Å². The Morgan fingerprint density at radius 2 is 1.48 bits per heavy atom. The van der Waals surface area contributed by atoms with Gasteiger partial charge < -0.3 is 19.9 Å². The van der Waals surface area contributed by atoms with Crippen molar-refractivity contribution in [1.82, 2.24) is 8.87 Å². The summed E-state index contributed by atoms with van der Waals surface area (Å²) in [6.07, 6.45) is 2.26. The largest absolute Gasteiger partial charge is 0.481 e. The molecular weight excluding hydrogens is 614 g/mol. The van der Waals surface area contributed by atoms with Gasteiger partial charge in [-0.05, 0) is 91.0 Å². The highest BCUT2D eigenvalue weighted by molar-refractivity contribution is 7.89. The van der Waals surface area contributed by atoms with Gasteiger partial charge in [-0.1, -0.05) is 45.2 Å². The molecule has 1 saturated carbocycles. The third-order valence-electron chi connectivity index (χ3n) is 9.55. The Kier molecular flexibility index (Phi) is 10.7. The molecule has 1 aliphatic heterocycles. The van der Waals surface area contributed by atoms with Crippen LogP contribution in [0.1, 0.15) is 76.8 Å². The number of hydrogen-bond acceptors (Lipinski definition) is 5. The molecule has 0 bridgehead atoms. The molecule has 2 heterocycles.